The van der Waals surface area contributed by atoms with E-state index in [9.17, 15) is 18.0 Å². The lowest BCUT2D eigenvalue weighted by Gasteiger charge is -2.04. The van der Waals surface area contributed by atoms with Crippen LogP contribution >= 0.6 is 15.9 Å². The Morgan fingerprint density at radius 3 is 2.25 bits per heavy atom. The second kappa shape index (κ2) is 5.35. The Bertz CT molecular complexity index is 852. The smallest absolute Gasteiger partial charge is 0.310 e. The third-order valence-corrected chi connectivity index (χ3v) is 4.36. The highest BCUT2D eigenvalue weighted by Crippen LogP contribution is 2.15. The van der Waals surface area contributed by atoms with E-state index in [1.807, 2.05) is 0 Å². The van der Waals surface area contributed by atoms with Crippen LogP contribution in [0.5, 0.6) is 0 Å². The van der Waals surface area contributed by atoms with Crippen LogP contribution in [0.15, 0.2) is 43.2 Å². The summed E-state index contributed by atoms with van der Waals surface area (Å²) in [6, 6.07) is 5.85. The fraction of sp³-hybridized carbons (Fsp3) is 0.0909. The number of nitrogens with two attached hydrogens (primary N) is 1. The van der Waals surface area contributed by atoms with Crippen LogP contribution in [0.3, 0.4) is 0 Å². The zero-order chi connectivity index (χ0) is 14.9. The first kappa shape index (κ1) is 14.7. The first-order valence-electron chi connectivity index (χ1n) is 5.40. The van der Waals surface area contributed by atoms with E-state index in [1.165, 1.54) is 12.1 Å². The molecule has 0 fully saturated rings. The van der Waals surface area contributed by atoms with Gasteiger partial charge in [-0.15, -0.1) is 0 Å². The number of rotatable bonds is 3. The van der Waals surface area contributed by atoms with Gasteiger partial charge in [-0.2, -0.15) is 0 Å². The maximum absolute atomic E-state index is 11.4. The van der Waals surface area contributed by atoms with Crippen molar-refractivity contribution in [1.29, 1.82) is 0 Å². The molecular weight excluding hydrogens is 350 g/mol. The van der Waals surface area contributed by atoms with Crippen molar-refractivity contribution in [3.63, 3.8) is 0 Å². The molecule has 1 aromatic carbocycles. The van der Waals surface area contributed by atoms with E-state index in [-0.39, 0.29) is 15.8 Å². The highest BCUT2D eigenvalue weighted by Gasteiger charge is 2.09. The highest BCUT2D eigenvalue weighted by molar-refractivity contribution is 9.10. The van der Waals surface area contributed by atoms with Gasteiger partial charge < -0.3 is 4.98 Å². The summed E-state index contributed by atoms with van der Waals surface area (Å²) in [4.78, 5) is 27.2. The van der Waals surface area contributed by atoms with Gasteiger partial charge in [-0.25, -0.2) is 18.4 Å². The van der Waals surface area contributed by atoms with Gasteiger partial charge in [0.15, 0.2) is 0 Å². The van der Waals surface area contributed by atoms with Gasteiger partial charge in [0.25, 0.3) is 5.56 Å². The van der Waals surface area contributed by atoms with Gasteiger partial charge >= 0.3 is 5.69 Å². The summed E-state index contributed by atoms with van der Waals surface area (Å²) in [6.07, 6.45) is 0.268. The van der Waals surface area contributed by atoms with E-state index in [1.54, 1.807) is 12.1 Å². The van der Waals surface area contributed by atoms with E-state index < -0.39 is 21.3 Å². The minimum atomic E-state index is -3.74. The lowest BCUT2D eigenvalue weighted by molar-refractivity contribution is 0.598. The number of halogens is 1. The minimum Gasteiger partial charge on any atom is -0.310 e. The molecule has 1 heterocycles. The quantitative estimate of drug-likeness (QED) is 0.716. The van der Waals surface area contributed by atoms with Gasteiger partial charge in [0.2, 0.25) is 10.0 Å². The van der Waals surface area contributed by atoms with Crippen LogP contribution in [0.2, 0.25) is 0 Å². The predicted octanol–water partition coefficient (Wildman–Crippen LogP) is 0.0639. The van der Waals surface area contributed by atoms with Crippen LogP contribution in [0.4, 0.5) is 0 Å². The number of primary sulfonamides is 1. The number of sulfonamides is 1. The number of benzene rings is 1. The first-order chi connectivity index (χ1) is 9.27. The minimum absolute atomic E-state index is 0.000261. The van der Waals surface area contributed by atoms with Crippen LogP contribution in [-0.2, 0) is 16.4 Å². The summed E-state index contributed by atoms with van der Waals surface area (Å²) in [5.41, 5.74) is 0.000665. The Morgan fingerprint density at radius 1 is 1.10 bits per heavy atom. The molecule has 2 aromatic rings. The molecule has 4 N–H and O–H groups in total. The molecule has 0 radical (unpaired) electrons. The third kappa shape index (κ3) is 3.24. The highest BCUT2D eigenvalue weighted by atomic mass is 79.9. The van der Waals surface area contributed by atoms with Gasteiger partial charge in [0.1, 0.15) is 4.47 Å². The topological polar surface area (TPSA) is 126 Å². The van der Waals surface area contributed by atoms with Crippen LogP contribution in [0, 0.1) is 0 Å². The molecule has 0 atom stereocenters. The number of hydrogen-bond donors (Lipinski definition) is 3. The van der Waals surface area contributed by atoms with E-state index in [4.69, 9.17) is 5.14 Å². The van der Waals surface area contributed by atoms with Crippen LogP contribution in [0.25, 0.3) is 0 Å². The van der Waals surface area contributed by atoms with Crippen molar-refractivity contribution in [1.82, 2.24) is 9.97 Å². The fourth-order valence-corrected chi connectivity index (χ4v) is 2.49. The van der Waals surface area contributed by atoms with Gasteiger partial charge in [-0.1, -0.05) is 12.1 Å². The van der Waals surface area contributed by atoms with Crippen molar-refractivity contribution in [3.05, 3.63) is 60.8 Å². The zero-order valence-corrected chi connectivity index (χ0v) is 12.4. The maximum Gasteiger partial charge on any atom is 0.325 e. The summed E-state index contributed by atoms with van der Waals surface area (Å²) < 4.78 is 22.5. The van der Waals surface area contributed by atoms with Crippen LogP contribution in [0.1, 0.15) is 11.3 Å². The Morgan fingerprint density at radius 2 is 1.70 bits per heavy atom. The molecule has 0 aliphatic heterocycles. The monoisotopic (exact) mass is 359 g/mol. The molecule has 20 heavy (non-hydrogen) atoms. The summed E-state index contributed by atoms with van der Waals surface area (Å²) >= 11 is 3.09. The number of aromatic nitrogens is 2. The molecule has 0 unspecified atom stereocenters. The maximum atomic E-state index is 11.4. The molecule has 0 aliphatic rings. The number of nitrogens with one attached hydrogen (secondary N) is 2. The SMILES string of the molecule is NS(=O)(=O)c1ccc(Cc2[nH]c(=O)[nH]c(=O)c2Br)cc1. The van der Waals surface area contributed by atoms with E-state index in [0.717, 1.165) is 5.56 Å². The summed E-state index contributed by atoms with van der Waals surface area (Å²) in [7, 11) is -3.74. The number of H-pyrrole nitrogens is 2. The molecule has 0 saturated heterocycles. The summed E-state index contributed by atoms with van der Waals surface area (Å²) in [5.74, 6) is 0. The Balaban J connectivity index is 2.36. The number of hydrogen-bond acceptors (Lipinski definition) is 4. The lowest BCUT2D eigenvalue weighted by Crippen LogP contribution is -2.25. The molecule has 9 heteroatoms. The lowest BCUT2D eigenvalue weighted by atomic mass is 10.1. The third-order valence-electron chi connectivity index (χ3n) is 2.59. The molecule has 0 amide bonds. The first-order valence-corrected chi connectivity index (χ1v) is 7.74. The zero-order valence-electron chi connectivity index (χ0n) is 10.0. The molecule has 2 rings (SSSR count). The van der Waals surface area contributed by atoms with Gasteiger partial charge in [0, 0.05) is 12.1 Å². The normalized spacial score (nSPS) is 11.5. The molecule has 106 valence electrons. The van der Waals surface area contributed by atoms with Crippen LogP contribution < -0.4 is 16.4 Å². The largest absolute Gasteiger partial charge is 0.325 e. The molecule has 0 spiro atoms. The van der Waals surface area contributed by atoms with E-state index in [2.05, 4.69) is 25.9 Å². The van der Waals surface area contributed by atoms with Crippen molar-refractivity contribution in [3.8, 4) is 0 Å². The Hall–Kier alpha value is -1.71. The van der Waals surface area contributed by atoms with Crippen molar-refractivity contribution in [2.45, 2.75) is 11.3 Å². The molecule has 0 aliphatic carbocycles. The standard InChI is InChI=1S/C11H10BrN3O4S/c12-9-8(14-11(17)15-10(9)16)5-6-1-3-7(4-2-6)20(13,18)19/h1-4H,5H2,(H2,13,18,19)(H2,14,15,16,17). The molecule has 7 nitrogen and oxygen atoms in total. The van der Waals surface area contributed by atoms with Crippen molar-refractivity contribution in [2.24, 2.45) is 5.14 Å². The fourth-order valence-electron chi connectivity index (χ4n) is 1.64. The van der Waals surface area contributed by atoms with Crippen molar-refractivity contribution in [2.75, 3.05) is 0 Å². The molecular formula is C11H10BrN3O4S. The molecule has 0 saturated carbocycles. The van der Waals surface area contributed by atoms with Crippen LogP contribution in [-0.4, -0.2) is 18.4 Å². The Labute approximate surface area is 122 Å². The van der Waals surface area contributed by atoms with Gasteiger partial charge in [-0.05, 0) is 33.6 Å². The number of aromatic amines is 2. The average Bonchev–Trinajstić information content (AvgIpc) is 2.35. The van der Waals surface area contributed by atoms with E-state index >= 15 is 0 Å². The Kier molecular flexibility index (Phi) is 3.93. The summed E-state index contributed by atoms with van der Waals surface area (Å²) in [6.45, 7) is 0. The van der Waals surface area contributed by atoms with Crippen molar-refractivity contribution >= 4 is 26.0 Å². The molecule has 1 aromatic heterocycles. The molecule has 0 bridgehead atoms. The summed E-state index contributed by atoms with van der Waals surface area (Å²) in [5, 5.41) is 5.00. The van der Waals surface area contributed by atoms with Gasteiger partial charge in [0.05, 0.1) is 4.90 Å². The second-order valence-corrected chi connectivity index (χ2v) is 6.42. The van der Waals surface area contributed by atoms with E-state index in [0.29, 0.717) is 5.69 Å². The van der Waals surface area contributed by atoms with Gasteiger partial charge in [-0.3, -0.25) is 9.78 Å². The second-order valence-electron chi connectivity index (χ2n) is 4.07. The van der Waals surface area contributed by atoms with Crippen molar-refractivity contribution < 1.29 is 8.42 Å². The predicted molar refractivity (Wildman–Crippen MR) is 76.0 cm³/mol. The average molecular weight is 360 g/mol.